The molecule has 2 aliphatic heterocycles. The van der Waals surface area contributed by atoms with Crippen molar-refractivity contribution in [3.05, 3.63) is 47.8 Å². The first-order valence-electron chi connectivity index (χ1n) is 9.27. The van der Waals surface area contributed by atoms with E-state index in [0.717, 1.165) is 19.4 Å². The van der Waals surface area contributed by atoms with Crippen LogP contribution in [0, 0.1) is 0 Å². The minimum Gasteiger partial charge on any atom is -0.464 e. The van der Waals surface area contributed by atoms with Gasteiger partial charge in [0.05, 0.1) is 32.6 Å². The van der Waals surface area contributed by atoms with Gasteiger partial charge in [0, 0.05) is 0 Å². The van der Waals surface area contributed by atoms with Gasteiger partial charge in [-0.25, -0.2) is 9.48 Å². The maximum Gasteiger partial charge on any atom is 0.360 e. The zero-order valence-corrected chi connectivity index (χ0v) is 15.3. The van der Waals surface area contributed by atoms with Crippen molar-refractivity contribution in [3.8, 4) is 0 Å². The number of nitrogens with one attached hydrogen (secondary N) is 1. The second-order valence-electron chi connectivity index (χ2n) is 6.89. The molecule has 8 heteroatoms. The van der Waals surface area contributed by atoms with E-state index in [1.54, 1.807) is 10.9 Å². The van der Waals surface area contributed by atoms with Crippen LogP contribution in [0.15, 0.2) is 36.5 Å². The van der Waals surface area contributed by atoms with Gasteiger partial charge in [-0.3, -0.25) is 0 Å². The number of ether oxygens (including phenoxy) is 3. The lowest BCUT2D eigenvalue weighted by molar-refractivity contribution is 0.0592. The lowest BCUT2D eigenvalue weighted by Crippen LogP contribution is -2.41. The lowest BCUT2D eigenvalue weighted by atomic mass is 10.1. The SMILES string of the molecule is COC(=O)c1cn([C@@H]2CO[C@@H]3[C@@H]2OC[C@@H]3NCCCc2ccccc2)nn1. The number of benzene rings is 1. The van der Waals surface area contributed by atoms with Crippen LogP contribution in [0.3, 0.4) is 0 Å². The van der Waals surface area contributed by atoms with Gasteiger partial charge in [0.2, 0.25) is 0 Å². The molecule has 0 unspecified atom stereocenters. The highest BCUT2D eigenvalue weighted by atomic mass is 16.6. The summed E-state index contributed by atoms with van der Waals surface area (Å²) in [5, 5.41) is 11.5. The van der Waals surface area contributed by atoms with E-state index in [4.69, 9.17) is 9.47 Å². The molecule has 1 aromatic carbocycles. The number of fused-ring (bicyclic) bond motifs is 1. The van der Waals surface area contributed by atoms with Crippen molar-refractivity contribution in [1.29, 1.82) is 0 Å². The maximum atomic E-state index is 11.6. The number of carbonyl (C=O) groups excluding carboxylic acids is 1. The van der Waals surface area contributed by atoms with Crippen molar-refractivity contribution in [3.63, 3.8) is 0 Å². The third-order valence-corrected chi connectivity index (χ3v) is 5.16. The highest BCUT2D eigenvalue weighted by Gasteiger charge is 2.48. The van der Waals surface area contributed by atoms with Crippen molar-refractivity contribution in [2.24, 2.45) is 0 Å². The zero-order valence-electron chi connectivity index (χ0n) is 15.3. The molecular formula is C19H24N4O4. The minimum atomic E-state index is -0.498. The molecule has 0 radical (unpaired) electrons. The largest absolute Gasteiger partial charge is 0.464 e. The van der Waals surface area contributed by atoms with E-state index in [1.807, 2.05) is 6.07 Å². The summed E-state index contributed by atoms with van der Waals surface area (Å²) in [7, 11) is 1.32. The molecule has 0 spiro atoms. The Morgan fingerprint density at radius 2 is 2.07 bits per heavy atom. The van der Waals surface area contributed by atoms with Crippen LogP contribution in [-0.2, 0) is 20.6 Å². The topological polar surface area (TPSA) is 87.5 Å². The predicted molar refractivity (Wildman–Crippen MR) is 96.4 cm³/mol. The van der Waals surface area contributed by atoms with E-state index in [2.05, 4.69) is 44.6 Å². The number of esters is 1. The first-order chi connectivity index (χ1) is 13.3. The number of nitrogens with zero attached hydrogens (tertiary/aromatic N) is 3. The number of rotatable bonds is 7. The van der Waals surface area contributed by atoms with Crippen LogP contribution >= 0.6 is 0 Å². The fourth-order valence-electron chi connectivity index (χ4n) is 3.74. The van der Waals surface area contributed by atoms with Crippen LogP contribution in [0.1, 0.15) is 28.5 Å². The fraction of sp³-hybridized carbons (Fsp3) is 0.526. The van der Waals surface area contributed by atoms with Crippen molar-refractivity contribution in [2.45, 2.75) is 37.1 Å². The van der Waals surface area contributed by atoms with E-state index < -0.39 is 5.97 Å². The summed E-state index contributed by atoms with van der Waals surface area (Å²) in [6, 6.07) is 10.6. The summed E-state index contributed by atoms with van der Waals surface area (Å²) >= 11 is 0. The Labute approximate surface area is 157 Å². The van der Waals surface area contributed by atoms with Gasteiger partial charge in [0.1, 0.15) is 18.2 Å². The number of methoxy groups -OCH3 is 1. The maximum absolute atomic E-state index is 11.6. The Balaban J connectivity index is 1.28. The first kappa shape index (κ1) is 18.1. The molecule has 2 fully saturated rings. The Morgan fingerprint density at radius 1 is 1.26 bits per heavy atom. The molecule has 0 saturated carbocycles. The quantitative estimate of drug-likeness (QED) is 0.573. The van der Waals surface area contributed by atoms with Gasteiger partial charge in [-0.1, -0.05) is 35.5 Å². The second kappa shape index (κ2) is 8.16. The fourth-order valence-corrected chi connectivity index (χ4v) is 3.74. The predicted octanol–water partition coefficient (Wildman–Crippen LogP) is 0.994. The molecule has 0 amide bonds. The van der Waals surface area contributed by atoms with E-state index >= 15 is 0 Å². The molecular weight excluding hydrogens is 348 g/mol. The van der Waals surface area contributed by atoms with Crippen molar-refractivity contribution >= 4 is 5.97 Å². The van der Waals surface area contributed by atoms with Crippen LogP contribution in [0.4, 0.5) is 0 Å². The van der Waals surface area contributed by atoms with Crippen LogP contribution in [0.2, 0.25) is 0 Å². The molecule has 1 aromatic heterocycles. The Bertz CT molecular complexity index is 766. The van der Waals surface area contributed by atoms with E-state index in [0.29, 0.717) is 13.2 Å². The molecule has 27 heavy (non-hydrogen) atoms. The molecule has 4 rings (SSSR count). The van der Waals surface area contributed by atoms with Gasteiger partial charge < -0.3 is 19.5 Å². The molecule has 8 nitrogen and oxygen atoms in total. The molecule has 0 bridgehead atoms. The van der Waals surface area contributed by atoms with Gasteiger partial charge >= 0.3 is 5.97 Å². The molecule has 2 aliphatic rings. The summed E-state index contributed by atoms with van der Waals surface area (Å²) in [5.41, 5.74) is 1.54. The summed E-state index contributed by atoms with van der Waals surface area (Å²) in [6.45, 7) is 2.01. The van der Waals surface area contributed by atoms with E-state index in [-0.39, 0.29) is 30.0 Å². The Hall–Kier alpha value is -2.29. The van der Waals surface area contributed by atoms with Crippen LogP contribution in [0.25, 0.3) is 0 Å². The number of hydrogen-bond donors (Lipinski definition) is 1. The summed E-state index contributed by atoms with van der Waals surface area (Å²) < 4.78 is 18.3. The number of carbonyl (C=O) groups is 1. The van der Waals surface area contributed by atoms with Gasteiger partial charge in [-0.2, -0.15) is 0 Å². The first-order valence-corrected chi connectivity index (χ1v) is 9.27. The Morgan fingerprint density at radius 3 is 2.89 bits per heavy atom. The molecule has 2 saturated heterocycles. The van der Waals surface area contributed by atoms with Crippen LogP contribution < -0.4 is 5.32 Å². The van der Waals surface area contributed by atoms with Gasteiger partial charge in [0.25, 0.3) is 0 Å². The van der Waals surface area contributed by atoms with Crippen molar-refractivity contribution in [1.82, 2.24) is 20.3 Å². The third kappa shape index (κ3) is 3.87. The minimum absolute atomic E-state index is 0.0162. The van der Waals surface area contributed by atoms with Crippen LogP contribution in [0.5, 0.6) is 0 Å². The van der Waals surface area contributed by atoms with E-state index in [9.17, 15) is 4.79 Å². The van der Waals surface area contributed by atoms with Gasteiger partial charge in [0.15, 0.2) is 5.69 Å². The number of aromatic nitrogens is 3. The molecule has 0 aliphatic carbocycles. The highest BCUT2D eigenvalue weighted by Crippen LogP contribution is 2.33. The number of aryl methyl sites for hydroxylation is 1. The summed E-state index contributed by atoms with van der Waals surface area (Å²) in [6.07, 6.45) is 3.59. The summed E-state index contributed by atoms with van der Waals surface area (Å²) in [5.74, 6) is -0.498. The normalized spacial score (nSPS) is 26.9. The van der Waals surface area contributed by atoms with Gasteiger partial charge in [-0.05, 0) is 24.9 Å². The average Bonchev–Trinajstić information content (AvgIpc) is 3.42. The molecule has 1 N–H and O–H groups in total. The van der Waals surface area contributed by atoms with Crippen molar-refractivity contribution in [2.75, 3.05) is 26.9 Å². The summed E-state index contributed by atoms with van der Waals surface area (Å²) in [4.78, 5) is 11.6. The highest BCUT2D eigenvalue weighted by molar-refractivity contribution is 5.86. The smallest absolute Gasteiger partial charge is 0.360 e. The molecule has 2 aromatic rings. The van der Waals surface area contributed by atoms with Crippen LogP contribution in [-0.4, -0.2) is 66.1 Å². The monoisotopic (exact) mass is 372 g/mol. The standard InChI is InChI=1S/C19H24N4O4/c1-25-19(24)14-10-23(22-21-14)16-12-27-17-15(11-26-18(16)17)20-9-5-8-13-6-3-2-4-7-13/h2-4,6-7,10,15-18,20H,5,8-9,11-12H2,1H3/t15-,16+,17-,18+/m0/s1. The Kier molecular flexibility index (Phi) is 5.47. The third-order valence-electron chi connectivity index (χ3n) is 5.16. The van der Waals surface area contributed by atoms with E-state index in [1.165, 1.54) is 12.7 Å². The van der Waals surface area contributed by atoms with Gasteiger partial charge in [-0.15, -0.1) is 5.10 Å². The lowest BCUT2D eigenvalue weighted by Gasteiger charge is -2.17. The number of hydrogen-bond acceptors (Lipinski definition) is 7. The molecule has 144 valence electrons. The van der Waals surface area contributed by atoms with Crippen molar-refractivity contribution < 1.29 is 19.0 Å². The molecule has 4 atom stereocenters. The zero-order chi connectivity index (χ0) is 18.6. The average molecular weight is 372 g/mol. The second-order valence-corrected chi connectivity index (χ2v) is 6.89. The molecule has 3 heterocycles.